The SMILES string of the molecule is COC1(CNC(C)c2cncs2)CCC1. The van der Waals surface area contributed by atoms with E-state index in [0.717, 1.165) is 6.54 Å². The second-order valence-corrected chi connectivity index (χ2v) is 5.17. The van der Waals surface area contributed by atoms with Crippen LogP contribution in [-0.4, -0.2) is 24.2 Å². The molecule has 1 saturated carbocycles. The lowest BCUT2D eigenvalue weighted by atomic mass is 9.80. The van der Waals surface area contributed by atoms with Crippen molar-refractivity contribution in [1.29, 1.82) is 0 Å². The summed E-state index contributed by atoms with van der Waals surface area (Å²) in [6.07, 6.45) is 5.60. The number of nitrogens with one attached hydrogen (secondary N) is 1. The van der Waals surface area contributed by atoms with E-state index in [1.807, 2.05) is 18.8 Å². The standard InChI is InChI=1S/C11H18N2OS/c1-9(10-6-12-8-15-10)13-7-11(14-2)4-3-5-11/h6,8-9,13H,3-5,7H2,1-2H3. The fourth-order valence-electron chi connectivity index (χ4n) is 1.90. The maximum absolute atomic E-state index is 5.57. The number of hydrogen-bond acceptors (Lipinski definition) is 4. The first-order chi connectivity index (χ1) is 7.26. The van der Waals surface area contributed by atoms with E-state index in [1.54, 1.807) is 11.3 Å². The van der Waals surface area contributed by atoms with Crippen molar-refractivity contribution in [1.82, 2.24) is 10.3 Å². The molecule has 1 unspecified atom stereocenters. The normalized spacial score (nSPS) is 20.9. The van der Waals surface area contributed by atoms with Gasteiger partial charge in [-0.2, -0.15) is 0 Å². The molecule has 1 aliphatic rings. The van der Waals surface area contributed by atoms with Crippen molar-refractivity contribution in [2.24, 2.45) is 0 Å². The van der Waals surface area contributed by atoms with Crippen LogP contribution in [0.4, 0.5) is 0 Å². The Hall–Kier alpha value is -0.450. The van der Waals surface area contributed by atoms with Gasteiger partial charge in [0.15, 0.2) is 0 Å². The van der Waals surface area contributed by atoms with Gasteiger partial charge in [0.2, 0.25) is 0 Å². The van der Waals surface area contributed by atoms with E-state index in [4.69, 9.17) is 4.74 Å². The fourth-order valence-corrected chi connectivity index (χ4v) is 2.56. The van der Waals surface area contributed by atoms with E-state index in [9.17, 15) is 0 Å². The summed E-state index contributed by atoms with van der Waals surface area (Å²) in [6, 6.07) is 0.380. The highest BCUT2D eigenvalue weighted by atomic mass is 32.1. The van der Waals surface area contributed by atoms with E-state index >= 15 is 0 Å². The molecule has 4 heteroatoms. The second-order valence-electron chi connectivity index (χ2n) is 4.25. The molecule has 0 radical (unpaired) electrons. The summed E-state index contributed by atoms with van der Waals surface area (Å²) >= 11 is 1.70. The molecule has 0 amide bonds. The van der Waals surface area contributed by atoms with Gasteiger partial charge in [0.1, 0.15) is 0 Å². The van der Waals surface area contributed by atoms with Gasteiger partial charge in [-0.3, -0.25) is 4.98 Å². The number of ether oxygens (including phenoxy) is 1. The number of methoxy groups -OCH3 is 1. The van der Waals surface area contributed by atoms with Crippen LogP contribution < -0.4 is 5.32 Å². The average molecular weight is 226 g/mol. The minimum atomic E-state index is 0.110. The molecule has 2 rings (SSSR count). The lowest BCUT2D eigenvalue weighted by Crippen LogP contribution is -2.48. The second kappa shape index (κ2) is 4.60. The van der Waals surface area contributed by atoms with E-state index in [0.29, 0.717) is 6.04 Å². The molecule has 0 aromatic carbocycles. The van der Waals surface area contributed by atoms with Crippen molar-refractivity contribution in [3.63, 3.8) is 0 Å². The van der Waals surface area contributed by atoms with Crippen molar-refractivity contribution in [2.45, 2.75) is 37.8 Å². The Morgan fingerprint density at radius 2 is 2.47 bits per heavy atom. The Kier molecular flexibility index (Phi) is 3.38. The molecule has 84 valence electrons. The van der Waals surface area contributed by atoms with Crippen LogP contribution in [0.25, 0.3) is 0 Å². The first-order valence-electron chi connectivity index (χ1n) is 5.43. The molecule has 0 spiro atoms. The summed E-state index contributed by atoms with van der Waals surface area (Å²) in [5, 5.41) is 3.52. The summed E-state index contributed by atoms with van der Waals surface area (Å²) in [7, 11) is 1.82. The third-order valence-corrected chi connectivity index (χ3v) is 4.26. The molecular formula is C11H18N2OS. The third kappa shape index (κ3) is 2.38. The predicted octanol–water partition coefficient (Wildman–Crippen LogP) is 2.36. The molecule has 1 fully saturated rings. The van der Waals surface area contributed by atoms with E-state index in [2.05, 4.69) is 17.2 Å². The van der Waals surface area contributed by atoms with Gasteiger partial charge in [-0.15, -0.1) is 11.3 Å². The molecule has 15 heavy (non-hydrogen) atoms. The maximum atomic E-state index is 5.57. The van der Waals surface area contributed by atoms with Gasteiger partial charge in [0.05, 0.1) is 11.1 Å². The van der Waals surface area contributed by atoms with Gasteiger partial charge in [0.25, 0.3) is 0 Å². The summed E-state index contributed by atoms with van der Waals surface area (Å²) in [5.74, 6) is 0. The van der Waals surface area contributed by atoms with Crippen LogP contribution in [0.1, 0.15) is 37.1 Å². The molecule has 1 atom stereocenters. The van der Waals surface area contributed by atoms with Gasteiger partial charge in [-0.1, -0.05) is 0 Å². The molecule has 1 N–H and O–H groups in total. The minimum absolute atomic E-state index is 0.110. The zero-order chi connectivity index (χ0) is 10.7. The first-order valence-corrected chi connectivity index (χ1v) is 6.31. The maximum Gasteiger partial charge on any atom is 0.0802 e. The highest BCUT2D eigenvalue weighted by Gasteiger charge is 2.36. The van der Waals surface area contributed by atoms with Crippen LogP contribution in [0.15, 0.2) is 11.7 Å². The zero-order valence-corrected chi connectivity index (χ0v) is 10.1. The van der Waals surface area contributed by atoms with E-state index < -0.39 is 0 Å². The van der Waals surface area contributed by atoms with Crippen molar-refractivity contribution in [3.05, 3.63) is 16.6 Å². The molecule has 1 heterocycles. The van der Waals surface area contributed by atoms with Gasteiger partial charge < -0.3 is 10.1 Å². The van der Waals surface area contributed by atoms with E-state index in [1.165, 1.54) is 24.1 Å². The largest absolute Gasteiger partial charge is 0.377 e. The van der Waals surface area contributed by atoms with Crippen LogP contribution >= 0.6 is 11.3 Å². The lowest BCUT2D eigenvalue weighted by molar-refractivity contribution is -0.0706. The zero-order valence-electron chi connectivity index (χ0n) is 9.32. The molecule has 3 nitrogen and oxygen atoms in total. The molecule has 1 aliphatic carbocycles. The van der Waals surface area contributed by atoms with Crippen LogP contribution in [0.5, 0.6) is 0 Å². The highest BCUT2D eigenvalue weighted by molar-refractivity contribution is 7.09. The van der Waals surface area contributed by atoms with E-state index in [-0.39, 0.29) is 5.60 Å². The highest BCUT2D eigenvalue weighted by Crippen LogP contribution is 2.34. The lowest BCUT2D eigenvalue weighted by Gasteiger charge is -2.41. The Morgan fingerprint density at radius 1 is 1.67 bits per heavy atom. The monoisotopic (exact) mass is 226 g/mol. The Morgan fingerprint density at radius 3 is 2.93 bits per heavy atom. The molecule has 0 saturated heterocycles. The molecule has 1 aromatic rings. The summed E-state index contributed by atoms with van der Waals surface area (Å²) in [4.78, 5) is 5.38. The Balaban J connectivity index is 1.82. The number of nitrogens with zero attached hydrogens (tertiary/aromatic N) is 1. The van der Waals surface area contributed by atoms with Crippen LogP contribution in [-0.2, 0) is 4.74 Å². The molecule has 0 bridgehead atoms. The molecule has 1 aromatic heterocycles. The van der Waals surface area contributed by atoms with Gasteiger partial charge >= 0.3 is 0 Å². The fraction of sp³-hybridized carbons (Fsp3) is 0.727. The van der Waals surface area contributed by atoms with Crippen LogP contribution in [0.3, 0.4) is 0 Å². The van der Waals surface area contributed by atoms with Gasteiger partial charge in [-0.25, -0.2) is 0 Å². The summed E-state index contributed by atoms with van der Waals surface area (Å²) in [6.45, 7) is 3.12. The quantitative estimate of drug-likeness (QED) is 0.837. The van der Waals surface area contributed by atoms with Crippen molar-refractivity contribution in [2.75, 3.05) is 13.7 Å². The number of hydrogen-bond donors (Lipinski definition) is 1. The number of thiazole rings is 1. The smallest absolute Gasteiger partial charge is 0.0802 e. The summed E-state index contributed by atoms with van der Waals surface area (Å²) in [5.41, 5.74) is 1.99. The van der Waals surface area contributed by atoms with Crippen LogP contribution in [0.2, 0.25) is 0 Å². The summed E-state index contributed by atoms with van der Waals surface area (Å²) < 4.78 is 5.57. The Labute approximate surface area is 94.9 Å². The number of aromatic nitrogens is 1. The average Bonchev–Trinajstić information content (AvgIpc) is 2.69. The van der Waals surface area contributed by atoms with Crippen molar-refractivity contribution < 1.29 is 4.74 Å². The first kappa shape index (κ1) is 11.0. The van der Waals surface area contributed by atoms with Crippen molar-refractivity contribution in [3.8, 4) is 0 Å². The van der Waals surface area contributed by atoms with Gasteiger partial charge in [-0.05, 0) is 26.2 Å². The predicted molar refractivity (Wildman–Crippen MR) is 62.1 cm³/mol. The third-order valence-electron chi connectivity index (χ3n) is 3.31. The number of rotatable bonds is 5. The van der Waals surface area contributed by atoms with Gasteiger partial charge in [0, 0.05) is 30.8 Å². The van der Waals surface area contributed by atoms with Crippen LogP contribution in [0, 0.1) is 0 Å². The van der Waals surface area contributed by atoms with Crippen molar-refractivity contribution >= 4 is 11.3 Å². The topological polar surface area (TPSA) is 34.1 Å². The molecular weight excluding hydrogens is 208 g/mol. The minimum Gasteiger partial charge on any atom is -0.377 e. The molecule has 0 aliphatic heterocycles. The Bertz CT molecular complexity index is 290.